The smallest absolute Gasteiger partial charge is 0.181 e. The third-order valence-corrected chi connectivity index (χ3v) is 3.48. The molecule has 0 bridgehead atoms. The number of aryl methyl sites for hydroxylation is 1. The molecule has 0 radical (unpaired) electrons. The number of hydrogen-bond donors (Lipinski definition) is 2. The SMILES string of the molecule is Cc1ccc2[nH]cc(C(=O)C3CCCN3)c2c1. The fourth-order valence-electron chi connectivity index (χ4n) is 2.53. The van der Waals surface area contributed by atoms with Crippen LogP contribution in [0.4, 0.5) is 0 Å². The summed E-state index contributed by atoms with van der Waals surface area (Å²) in [6.45, 7) is 3.01. The van der Waals surface area contributed by atoms with Crippen LogP contribution in [-0.4, -0.2) is 23.4 Å². The van der Waals surface area contributed by atoms with Crippen LogP contribution in [-0.2, 0) is 0 Å². The topological polar surface area (TPSA) is 44.9 Å². The van der Waals surface area contributed by atoms with Gasteiger partial charge >= 0.3 is 0 Å². The predicted molar refractivity (Wildman–Crippen MR) is 68.4 cm³/mol. The number of ketones is 1. The van der Waals surface area contributed by atoms with Gasteiger partial charge in [-0.25, -0.2) is 0 Å². The van der Waals surface area contributed by atoms with Gasteiger partial charge in [0, 0.05) is 22.7 Å². The Bertz CT molecular complexity index is 565. The molecule has 2 N–H and O–H groups in total. The average molecular weight is 228 g/mol. The summed E-state index contributed by atoms with van der Waals surface area (Å²) in [5.74, 6) is 0.222. The molecule has 88 valence electrons. The van der Waals surface area contributed by atoms with Gasteiger partial charge in [0.15, 0.2) is 5.78 Å². The van der Waals surface area contributed by atoms with Gasteiger partial charge < -0.3 is 10.3 Å². The summed E-state index contributed by atoms with van der Waals surface area (Å²) in [4.78, 5) is 15.5. The van der Waals surface area contributed by atoms with Crippen molar-refractivity contribution in [1.82, 2.24) is 10.3 Å². The Kier molecular flexibility index (Phi) is 2.48. The second-order valence-corrected chi connectivity index (χ2v) is 4.76. The predicted octanol–water partition coefficient (Wildman–Crippen LogP) is 2.41. The molecule has 1 saturated heterocycles. The lowest BCUT2D eigenvalue weighted by Gasteiger charge is -2.07. The molecule has 0 spiro atoms. The van der Waals surface area contributed by atoms with Gasteiger partial charge in [-0.15, -0.1) is 0 Å². The number of aromatic nitrogens is 1. The Labute approximate surface area is 100 Å². The lowest BCUT2D eigenvalue weighted by atomic mass is 10.0. The van der Waals surface area contributed by atoms with Crippen LogP contribution in [0.2, 0.25) is 0 Å². The van der Waals surface area contributed by atoms with Crippen molar-refractivity contribution in [2.75, 3.05) is 6.54 Å². The molecule has 3 nitrogen and oxygen atoms in total. The number of nitrogens with one attached hydrogen (secondary N) is 2. The minimum Gasteiger partial charge on any atom is -0.360 e. The highest BCUT2D eigenvalue weighted by Crippen LogP contribution is 2.22. The van der Waals surface area contributed by atoms with E-state index in [0.717, 1.165) is 35.9 Å². The molecule has 0 amide bonds. The van der Waals surface area contributed by atoms with E-state index in [2.05, 4.69) is 29.4 Å². The molecule has 2 aromatic rings. The first-order valence-corrected chi connectivity index (χ1v) is 6.11. The van der Waals surface area contributed by atoms with Gasteiger partial charge in [-0.1, -0.05) is 11.6 Å². The first kappa shape index (κ1) is 10.5. The average Bonchev–Trinajstić information content (AvgIpc) is 2.97. The van der Waals surface area contributed by atoms with E-state index in [1.54, 1.807) is 0 Å². The van der Waals surface area contributed by atoms with Gasteiger partial charge in [0.1, 0.15) is 0 Å². The number of H-pyrrole nitrogens is 1. The van der Waals surface area contributed by atoms with E-state index in [-0.39, 0.29) is 11.8 Å². The molecular formula is C14H16N2O. The van der Waals surface area contributed by atoms with Crippen molar-refractivity contribution in [3.63, 3.8) is 0 Å². The first-order valence-electron chi connectivity index (χ1n) is 6.11. The van der Waals surface area contributed by atoms with Crippen molar-refractivity contribution in [2.45, 2.75) is 25.8 Å². The van der Waals surface area contributed by atoms with Crippen molar-refractivity contribution < 1.29 is 4.79 Å². The number of carbonyl (C=O) groups excluding carboxylic acids is 1. The second kappa shape index (κ2) is 4.00. The minimum atomic E-state index is 0.00881. The summed E-state index contributed by atoms with van der Waals surface area (Å²) in [5, 5.41) is 4.31. The number of hydrogen-bond acceptors (Lipinski definition) is 2. The van der Waals surface area contributed by atoms with Gasteiger partial charge in [-0.05, 0) is 38.4 Å². The van der Waals surface area contributed by atoms with E-state index in [9.17, 15) is 4.79 Å². The Morgan fingerprint density at radius 1 is 1.41 bits per heavy atom. The maximum atomic E-state index is 12.4. The molecule has 1 aliphatic heterocycles. The van der Waals surface area contributed by atoms with Crippen LogP contribution in [0.15, 0.2) is 24.4 Å². The molecule has 2 heterocycles. The Morgan fingerprint density at radius 3 is 3.06 bits per heavy atom. The quantitative estimate of drug-likeness (QED) is 0.775. The summed E-state index contributed by atoms with van der Waals surface area (Å²) in [5.41, 5.74) is 3.05. The third-order valence-electron chi connectivity index (χ3n) is 3.48. The monoisotopic (exact) mass is 228 g/mol. The zero-order chi connectivity index (χ0) is 11.8. The van der Waals surface area contributed by atoms with Crippen molar-refractivity contribution >= 4 is 16.7 Å². The Hall–Kier alpha value is -1.61. The lowest BCUT2D eigenvalue weighted by molar-refractivity contribution is 0.0954. The van der Waals surface area contributed by atoms with E-state index < -0.39 is 0 Å². The van der Waals surface area contributed by atoms with Crippen LogP contribution in [0, 0.1) is 6.92 Å². The van der Waals surface area contributed by atoms with Crippen molar-refractivity contribution in [3.05, 3.63) is 35.5 Å². The summed E-state index contributed by atoms with van der Waals surface area (Å²) in [6.07, 6.45) is 3.89. The normalized spacial score (nSPS) is 19.9. The molecule has 17 heavy (non-hydrogen) atoms. The van der Waals surface area contributed by atoms with E-state index in [1.165, 1.54) is 5.56 Å². The van der Waals surface area contributed by atoms with E-state index in [1.807, 2.05) is 12.3 Å². The van der Waals surface area contributed by atoms with Crippen LogP contribution in [0.3, 0.4) is 0 Å². The van der Waals surface area contributed by atoms with Crippen LogP contribution in [0.5, 0.6) is 0 Å². The summed E-state index contributed by atoms with van der Waals surface area (Å²) < 4.78 is 0. The molecule has 1 aromatic carbocycles. The maximum absolute atomic E-state index is 12.4. The third kappa shape index (κ3) is 1.76. The highest BCUT2D eigenvalue weighted by atomic mass is 16.1. The Balaban J connectivity index is 2.04. The van der Waals surface area contributed by atoms with E-state index in [4.69, 9.17) is 0 Å². The van der Waals surface area contributed by atoms with Crippen LogP contribution < -0.4 is 5.32 Å². The van der Waals surface area contributed by atoms with Gasteiger partial charge in [-0.3, -0.25) is 4.79 Å². The fraction of sp³-hybridized carbons (Fsp3) is 0.357. The number of aromatic amines is 1. The molecule has 1 aliphatic rings. The molecule has 1 fully saturated rings. The van der Waals surface area contributed by atoms with Gasteiger partial charge in [-0.2, -0.15) is 0 Å². The van der Waals surface area contributed by atoms with Crippen LogP contribution in [0.25, 0.3) is 10.9 Å². The number of fused-ring (bicyclic) bond motifs is 1. The number of benzene rings is 1. The molecular weight excluding hydrogens is 212 g/mol. The van der Waals surface area contributed by atoms with Gasteiger partial charge in [0.2, 0.25) is 0 Å². The van der Waals surface area contributed by atoms with Crippen molar-refractivity contribution in [3.8, 4) is 0 Å². The standard InChI is InChI=1S/C14H16N2O/c1-9-4-5-12-10(7-9)11(8-16-12)14(17)13-3-2-6-15-13/h4-5,7-8,13,15-16H,2-3,6H2,1H3. The number of Topliss-reactive ketones (excluding diaryl/α,β-unsaturated/α-hetero) is 1. The second-order valence-electron chi connectivity index (χ2n) is 4.76. The van der Waals surface area contributed by atoms with Crippen LogP contribution >= 0.6 is 0 Å². The number of rotatable bonds is 2. The Morgan fingerprint density at radius 2 is 2.29 bits per heavy atom. The molecule has 1 unspecified atom stereocenters. The molecule has 3 heteroatoms. The van der Waals surface area contributed by atoms with Crippen molar-refractivity contribution in [2.24, 2.45) is 0 Å². The van der Waals surface area contributed by atoms with Gasteiger partial charge in [0.25, 0.3) is 0 Å². The molecule has 0 aliphatic carbocycles. The fourth-order valence-corrected chi connectivity index (χ4v) is 2.53. The molecule has 3 rings (SSSR count). The maximum Gasteiger partial charge on any atom is 0.181 e. The summed E-state index contributed by atoms with van der Waals surface area (Å²) in [7, 11) is 0. The van der Waals surface area contributed by atoms with E-state index in [0.29, 0.717) is 0 Å². The highest BCUT2D eigenvalue weighted by Gasteiger charge is 2.25. The van der Waals surface area contributed by atoms with Crippen LogP contribution in [0.1, 0.15) is 28.8 Å². The zero-order valence-corrected chi connectivity index (χ0v) is 9.92. The molecule has 1 aromatic heterocycles. The zero-order valence-electron chi connectivity index (χ0n) is 9.92. The highest BCUT2D eigenvalue weighted by molar-refractivity contribution is 6.10. The number of carbonyl (C=O) groups is 1. The van der Waals surface area contributed by atoms with Gasteiger partial charge in [0.05, 0.1) is 6.04 Å². The first-order chi connectivity index (χ1) is 8.25. The molecule has 0 saturated carbocycles. The summed E-state index contributed by atoms with van der Waals surface area (Å²) in [6, 6.07) is 6.17. The van der Waals surface area contributed by atoms with E-state index >= 15 is 0 Å². The lowest BCUT2D eigenvalue weighted by Crippen LogP contribution is -2.30. The summed E-state index contributed by atoms with van der Waals surface area (Å²) >= 11 is 0. The minimum absolute atomic E-state index is 0.00881. The molecule has 1 atom stereocenters. The largest absolute Gasteiger partial charge is 0.360 e. The van der Waals surface area contributed by atoms with Crippen molar-refractivity contribution in [1.29, 1.82) is 0 Å².